The van der Waals surface area contributed by atoms with E-state index in [-0.39, 0.29) is 10.6 Å². The maximum absolute atomic E-state index is 11.6. The van der Waals surface area contributed by atoms with Crippen molar-refractivity contribution < 1.29 is 19.5 Å². The summed E-state index contributed by atoms with van der Waals surface area (Å²) in [5.74, 6) is -1.66. The van der Waals surface area contributed by atoms with Crippen molar-refractivity contribution in [1.82, 2.24) is 5.32 Å². The van der Waals surface area contributed by atoms with E-state index in [0.717, 1.165) is 11.3 Å². The molecular weight excluding hydrogens is 246 g/mol. The first-order valence-electron chi connectivity index (χ1n) is 4.59. The van der Waals surface area contributed by atoms with Crippen molar-refractivity contribution in [3.8, 4) is 0 Å². The molecule has 1 atom stereocenters. The van der Waals surface area contributed by atoms with Crippen LogP contribution in [0.2, 0.25) is 0 Å². The number of thiophene rings is 1. The van der Waals surface area contributed by atoms with Crippen molar-refractivity contribution >= 4 is 34.9 Å². The third-order valence-electron chi connectivity index (χ3n) is 1.87. The normalized spacial score (nSPS) is 11.6. The molecule has 1 aromatic heterocycles. The summed E-state index contributed by atoms with van der Waals surface area (Å²) in [7, 11) is 0. The number of anilines is 1. The van der Waals surface area contributed by atoms with Gasteiger partial charge in [0.2, 0.25) is 5.91 Å². The van der Waals surface area contributed by atoms with Gasteiger partial charge in [0.15, 0.2) is 0 Å². The molecule has 1 unspecified atom stereocenters. The van der Waals surface area contributed by atoms with Crippen LogP contribution in [0.3, 0.4) is 0 Å². The molecule has 0 aliphatic heterocycles. The topological polar surface area (TPSA) is 122 Å². The van der Waals surface area contributed by atoms with Crippen molar-refractivity contribution in [1.29, 1.82) is 0 Å². The van der Waals surface area contributed by atoms with Gasteiger partial charge in [-0.05, 0) is 18.4 Å². The molecule has 0 fully saturated rings. The second kappa shape index (κ2) is 5.30. The Hall–Kier alpha value is -2.09. The highest BCUT2D eigenvalue weighted by atomic mass is 32.1. The van der Waals surface area contributed by atoms with Crippen LogP contribution in [-0.2, 0) is 4.79 Å². The zero-order valence-electron chi connectivity index (χ0n) is 8.89. The summed E-state index contributed by atoms with van der Waals surface area (Å²) in [6, 6.07) is -0.186. The number of primary amides is 1. The van der Waals surface area contributed by atoms with Crippen molar-refractivity contribution in [3.05, 3.63) is 16.3 Å². The van der Waals surface area contributed by atoms with E-state index >= 15 is 0 Å². The summed E-state index contributed by atoms with van der Waals surface area (Å²) in [6.07, 6.45) is 0. The van der Waals surface area contributed by atoms with Gasteiger partial charge in [0, 0.05) is 0 Å². The fourth-order valence-electron chi connectivity index (χ4n) is 1.09. The molecule has 7 nitrogen and oxygen atoms in total. The second-order valence-corrected chi connectivity index (χ2v) is 4.10. The highest BCUT2D eigenvalue weighted by Gasteiger charge is 2.18. The average Bonchev–Trinajstić information content (AvgIpc) is 2.64. The Bertz CT molecular complexity index is 457. The fraction of sp³-hybridized carbons (Fsp3) is 0.222. The number of carboxylic acid groups (broad SMARTS) is 1. The lowest BCUT2D eigenvalue weighted by Crippen LogP contribution is -2.44. The Morgan fingerprint density at radius 3 is 2.65 bits per heavy atom. The Kier molecular flexibility index (Phi) is 4.05. The highest BCUT2D eigenvalue weighted by molar-refractivity contribution is 7.12. The Morgan fingerprint density at radius 2 is 2.12 bits per heavy atom. The molecule has 1 rings (SSSR count). The summed E-state index contributed by atoms with van der Waals surface area (Å²) in [5, 5.41) is 15.0. The van der Waals surface area contributed by atoms with Gasteiger partial charge in [0.05, 0.1) is 5.69 Å². The molecule has 0 aromatic carbocycles. The van der Waals surface area contributed by atoms with E-state index in [0.29, 0.717) is 0 Å². The van der Waals surface area contributed by atoms with Crippen molar-refractivity contribution in [2.45, 2.75) is 13.0 Å². The first-order valence-corrected chi connectivity index (χ1v) is 5.47. The largest absolute Gasteiger partial charge is 0.477 e. The van der Waals surface area contributed by atoms with E-state index in [1.54, 1.807) is 5.38 Å². The summed E-state index contributed by atoms with van der Waals surface area (Å²) in [6.45, 7) is 1.44. The molecule has 1 aromatic rings. The Labute approximate surface area is 101 Å². The molecule has 0 aliphatic carbocycles. The highest BCUT2D eigenvalue weighted by Crippen LogP contribution is 2.22. The SMILES string of the molecule is CC(NC(N)=O)C(=O)Nc1ccsc1C(=O)O. The summed E-state index contributed by atoms with van der Waals surface area (Å²) < 4.78 is 0. The van der Waals surface area contributed by atoms with Gasteiger partial charge in [-0.1, -0.05) is 0 Å². The van der Waals surface area contributed by atoms with Gasteiger partial charge in [-0.2, -0.15) is 0 Å². The summed E-state index contributed by atoms with van der Waals surface area (Å²) in [4.78, 5) is 32.9. The zero-order chi connectivity index (χ0) is 13.0. The lowest BCUT2D eigenvalue weighted by Gasteiger charge is -2.11. The number of nitrogens with two attached hydrogens (primary N) is 1. The smallest absolute Gasteiger partial charge is 0.348 e. The minimum Gasteiger partial charge on any atom is -0.477 e. The summed E-state index contributed by atoms with van der Waals surface area (Å²) in [5.41, 5.74) is 5.06. The van der Waals surface area contributed by atoms with Gasteiger partial charge in [-0.3, -0.25) is 4.79 Å². The van der Waals surface area contributed by atoms with E-state index in [1.807, 2.05) is 0 Å². The van der Waals surface area contributed by atoms with Crippen LogP contribution >= 0.6 is 11.3 Å². The fourth-order valence-corrected chi connectivity index (χ4v) is 1.78. The minimum absolute atomic E-state index is 0.0321. The molecule has 0 saturated carbocycles. The van der Waals surface area contributed by atoms with Crippen molar-refractivity contribution in [2.75, 3.05) is 5.32 Å². The maximum Gasteiger partial charge on any atom is 0.348 e. The molecule has 8 heteroatoms. The van der Waals surface area contributed by atoms with Crippen LogP contribution in [0.25, 0.3) is 0 Å². The lowest BCUT2D eigenvalue weighted by molar-refractivity contribution is -0.117. The van der Waals surface area contributed by atoms with Crippen LogP contribution < -0.4 is 16.4 Å². The van der Waals surface area contributed by atoms with Crippen LogP contribution in [0.1, 0.15) is 16.6 Å². The molecule has 0 spiro atoms. The second-order valence-electron chi connectivity index (χ2n) is 3.19. The van der Waals surface area contributed by atoms with Gasteiger partial charge in [0.1, 0.15) is 10.9 Å². The number of carbonyl (C=O) groups is 3. The van der Waals surface area contributed by atoms with Crippen LogP contribution in [-0.4, -0.2) is 29.1 Å². The number of rotatable bonds is 4. The molecule has 0 saturated heterocycles. The van der Waals surface area contributed by atoms with E-state index < -0.39 is 23.9 Å². The number of carboxylic acids is 1. The predicted molar refractivity (Wildman–Crippen MR) is 62.1 cm³/mol. The first kappa shape index (κ1) is 13.0. The molecule has 0 radical (unpaired) electrons. The van der Waals surface area contributed by atoms with E-state index in [1.165, 1.54) is 13.0 Å². The van der Waals surface area contributed by atoms with Crippen LogP contribution in [0.5, 0.6) is 0 Å². The van der Waals surface area contributed by atoms with Gasteiger partial charge in [-0.15, -0.1) is 11.3 Å². The Morgan fingerprint density at radius 1 is 1.47 bits per heavy atom. The number of carbonyl (C=O) groups excluding carboxylic acids is 2. The van der Waals surface area contributed by atoms with Crippen molar-refractivity contribution in [3.63, 3.8) is 0 Å². The average molecular weight is 257 g/mol. The number of hydrogen-bond donors (Lipinski definition) is 4. The van der Waals surface area contributed by atoms with E-state index in [9.17, 15) is 14.4 Å². The molecular formula is C9H11N3O4S. The van der Waals surface area contributed by atoms with Gasteiger partial charge < -0.3 is 21.5 Å². The number of hydrogen-bond acceptors (Lipinski definition) is 4. The predicted octanol–water partition coefficient (Wildman–Crippen LogP) is 0.442. The molecule has 92 valence electrons. The Balaban J connectivity index is 2.71. The zero-order valence-corrected chi connectivity index (χ0v) is 9.71. The van der Waals surface area contributed by atoms with Crippen LogP contribution in [0.4, 0.5) is 10.5 Å². The van der Waals surface area contributed by atoms with Gasteiger partial charge >= 0.3 is 12.0 Å². The molecule has 3 amide bonds. The minimum atomic E-state index is -1.12. The molecule has 1 heterocycles. The molecule has 0 aliphatic rings. The van der Waals surface area contributed by atoms with Crippen LogP contribution in [0, 0.1) is 0 Å². The van der Waals surface area contributed by atoms with Crippen LogP contribution in [0.15, 0.2) is 11.4 Å². The monoisotopic (exact) mass is 257 g/mol. The maximum atomic E-state index is 11.6. The van der Waals surface area contributed by atoms with E-state index in [2.05, 4.69) is 10.6 Å². The quantitative estimate of drug-likeness (QED) is 0.625. The standard InChI is InChI=1S/C9H11N3O4S/c1-4(11-9(10)16)7(13)12-5-2-3-17-6(5)8(14)15/h2-4H,1H3,(H,12,13)(H,14,15)(H3,10,11,16). The molecule has 0 bridgehead atoms. The number of aromatic carboxylic acids is 1. The first-order chi connectivity index (χ1) is 7.91. The third-order valence-corrected chi connectivity index (χ3v) is 2.77. The third kappa shape index (κ3) is 3.45. The van der Waals surface area contributed by atoms with Gasteiger partial charge in [0.25, 0.3) is 0 Å². The number of urea groups is 1. The van der Waals surface area contributed by atoms with Crippen molar-refractivity contribution in [2.24, 2.45) is 5.73 Å². The molecule has 17 heavy (non-hydrogen) atoms. The van der Waals surface area contributed by atoms with E-state index in [4.69, 9.17) is 10.8 Å². The van der Waals surface area contributed by atoms with Gasteiger partial charge in [-0.25, -0.2) is 9.59 Å². The summed E-state index contributed by atoms with van der Waals surface area (Å²) >= 11 is 0.999. The number of amides is 3. The lowest BCUT2D eigenvalue weighted by atomic mass is 10.3. The number of nitrogens with one attached hydrogen (secondary N) is 2. The molecule has 5 N–H and O–H groups in total.